The van der Waals surface area contributed by atoms with Crippen molar-refractivity contribution < 1.29 is 13.2 Å². The fraction of sp³-hybridized carbons (Fsp3) is 0.235. The van der Waals surface area contributed by atoms with Gasteiger partial charge in [0.05, 0.1) is 16.3 Å². The minimum atomic E-state index is -3.58. The highest BCUT2D eigenvalue weighted by atomic mass is 32.2. The van der Waals surface area contributed by atoms with Crippen LogP contribution in [0.3, 0.4) is 0 Å². The van der Waals surface area contributed by atoms with Gasteiger partial charge in [-0.1, -0.05) is 18.2 Å². The van der Waals surface area contributed by atoms with Gasteiger partial charge >= 0.3 is 0 Å². The van der Waals surface area contributed by atoms with E-state index in [0.29, 0.717) is 11.3 Å². The number of hydrogen-bond donors (Lipinski definition) is 1. The van der Waals surface area contributed by atoms with Gasteiger partial charge in [-0.2, -0.15) is 0 Å². The first-order chi connectivity index (χ1) is 11.2. The van der Waals surface area contributed by atoms with Crippen molar-refractivity contribution in [3.05, 3.63) is 54.1 Å². The number of nitrogens with one attached hydrogen (secondary N) is 1. The second-order valence-corrected chi connectivity index (χ2v) is 7.83. The molecule has 1 amide bonds. The molecule has 0 fully saturated rings. The van der Waals surface area contributed by atoms with Gasteiger partial charge in [0.2, 0.25) is 10.0 Å². The fourth-order valence-electron chi connectivity index (χ4n) is 2.16. The van der Waals surface area contributed by atoms with Gasteiger partial charge < -0.3 is 10.2 Å². The van der Waals surface area contributed by atoms with Gasteiger partial charge in [-0.05, 0) is 30.3 Å². The number of amides is 1. The maximum absolute atomic E-state index is 12.4. The highest BCUT2D eigenvalue weighted by Gasteiger charge is 2.20. The normalized spacial score (nSPS) is 11.4. The van der Waals surface area contributed by atoms with Crippen molar-refractivity contribution in [2.24, 2.45) is 0 Å². The molecule has 0 unspecified atom stereocenters. The van der Waals surface area contributed by atoms with Crippen molar-refractivity contribution in [2.45, 2.75) is 4.90 Å². The van der Waals surface area contributed by atoms with Crippen LogP contribution in [0.15, 0.2) is 53.4 Å². The predicted molar refractivity (Wildman–Crippen MR) is 96.0 cm³/mol. The van der Waals surface area contributed by atoms with Crippen molar-refractivity contribution in [3.8, 4) is 0 Å². The smallest absolute Gasteiger partial charge is 0.255 e. The van der Waals surface area contributed by atoms with Crippen LogP contribution in [0.5, 0.6) is 0 Å². The zero-order chi connectivity index (χ0) is 17.9. The largest absolute Gasteiger partial charge is 0.376 e. The summed E-state index contributed by atoms with van der Waals surface area (Å²) in [6.07, 6.45) is 0. The Bertz CT molecular complexity index is 831. The van der Waals surface area contributed by atoms with Crippen LogP contribution in [-0.2, 0) is 10.0 Å². The molecule has 0 bridgehead atoms. The standard InChI is InChI=1S/C17H21N3O3S/c1-19(2)16-11-10-14(24(22,23)20(3)4)12-15(16)18-17(21)13-8-6-5-7-9-13/h5-12H,1-4H3,(H,18,21). The van der Waals surface area contributed by atoms with E-state index in [1.807, 2.05) is 25.1 Å². The molecule has 6 nitrogen and oxygen atoms in total. The van der Waals surface area contributed by atoms with E-state index < -0.39 is 10.0 Å². The molecule has 24 heavy (non-hydrogen) atoms. The van der Waals surface area contributed by atoms with E-state index in [0.717, 1.165) is 9.99 Å². The molecule has 0 saturated heterocycles. The summed E-state index contributed by atoms with van der Waals surface area (Å²) >= 11 is 0. The van der Waals surface area contributed by atoms with Gasteiger partial charge in [0.15, 0.2) is 0 Å². The van der Waals surface area contributed by atoms with Gasteiger partial charge in [-0.25, -0.2) is 12.7 Å². The molecule has 0 aliphatic carbocycles. The molecule has 0 aliphatic heterocycles. The van der Waals surface area contributed by atoms with Crippen molar-refractivity contribution in [1.82, 2.24) is 4.31 Å². The van der Waals surface area contributed by atoms with Gasteiger partial charge in [0, 0.05) is 33.8 Å². The Kier molecular flexibility index (Phi) is 5.26. The van der Waals surface area contributed by atoms with E-state index in [-0.39, 0.29) is 10.8 Å². The van der Waals surface area contributed by atoms with E-state index in [1.165, 1.54) is 26.2 Å². The molecule has 0 heterocycles. The summed E-state index contributed by atoms with van der Waals surface area (Å²) in [7, 11) is 3.01. The molecule has 0 aromatic heterocycles. The number of rotatable bonds is 5. The molecule has 0 radical (unpaired) electrons. The number of nitrogens with zero attached hydrogens (tertiary/aromatic N) is 2. The van der Waals surface area contributed by atoms with E-state index in [2.05, 4.69) is 5.32 Å². The molecular weight excluding hydrogens is 326 g/mol. The van der Waals surface area contributed by atoms with Crippen LogP contribution in [0.1, 0.15) is 10.4 Å². The maximum Gasteiger partial charge on any atom is 0.255 e. The Morgan fingerprint density at radius 1 is 0.958 bits per heavy atom. The first-order valence-electron chi connectivity index (χ1n) is 7.34. The summed E-state index contributed by atoms with van der Waals surface area (Å²) in [5.41, 5.74) is 1.66. The topological polar surface area (TPSA) is 69.7 Å². The number of benzene rings is 2. The molecule has 1 N–H and O–H groups in total. The highest BCUT2D eigenvalue weighted by Crippen LogP contribution is 2.29. The van der Waals surface area contributed by atoms with Crippen LogP contribution < -0.4 is 10.2 Å². The summed E-state index contributed by atoms with van der Waals surface area (Å²) in [5, 5.41) is 2.80. The van der Waals surface area contributed by atoms with Crippen molar-refractivity contribution >= 4 is 27.3 Å². The molecule has 2 aromatic carbocycles. The molecule has 0 spiro atoms. The predicted octanol–water partition coefficient (Wildman–Crippen LogP) is 2.26. The zero-order valence-corrected chi connectivity index (χ0v) is 15.0. The molecule has 128 valence electrons. The lowest BCUT2D eigenvalue weighted by Gasteiger charge is -2.20. The van der Waals surface area contributed by atoms with Gasteiger partial charge in [-0.15, -0.1) is 0 Å². The van der Waals surface area contributed by atoms with E-state index in [4.69, 9.17) is 0 Å². The van der Waals surface area contributed by atoms with E-state index >= 15 is 0 Å². The molecule has 0 aliphatic rings. The summed E-state index contributed by atoms with van der Waals surface area (Å²) in [6.45, 7) is 0. The second kappa shape index (κ2) is 7.02. The summed E-state index contributed by atoms with van der Waals surface area (Å²) in [4.78, 5) is 14.3. The Morgan fingerprint density at radius 2 is 1.58 bits per heavy atom. The number of carbonyl (C=O) groups is 1. The van der Waals surface area contributed by atoms with E-state index in [1.54, 1.807) is 30.3 Å². The second-order valence-electron chi connectivity index (χ2n) is 5.68. The maximum atomic E-state index is 12.4. The van der Waals surface area contributed by atoms with Gasteiger partial charge in [0.25, 0.3) is 5.91 Å². The average Bonchev–Trinajstić information content (AvgIpc) is 2.55. The lowest BCUT2D eigenvalue weighted by atomic mass is 10.2. The molecule has 0 atom stereocenters. The summed E-state index contributed by atoms with van der Waals surface area (Å²) < 4.78 is 25.8. The van der Waals surface area contributed by atoms with Crippen molar-refractivity contribution in [2.75, 3.05) is 38.4 Å². The van der Waals surface area contributed by atoms with Crippen LogP contribution >= 0.6 is 0 Å². The molecule has 2 rings (SSSR count). The molecule has 7 heteroatoms. The summed E-state index contributed by atoms with van der Waals surface area (Å²) in [5.74, 6) is -0.293. The minimum absolute atomic E-state index is 0.126. The Balaban J connectivity index is 2.45. The number of sulfonamides is 1. The van der Waals surface area contributed by atoms with Gasteiger partial charge in [0.1, 0.15) is 0 Å². The fourth-order valence-corrected chi connectivity index (χ4v) is 3.09. The van der Waals surface area contributed by atoms with Gasteiger partial charge in [-0.3, -0.25) is 4.79 Å². The summed E-state index contributed by atoms with van der Waals surface area (Å²) in [6, 6.07) is 13.5. The van der Waals surface area contributed by atoms with Crippen molar-refractivity contribution in [3.63, 3.8) is 0 Å². The zero-order valence-electron chi connectivity index (χ0n) is 14.1. The Labute approximate surface area is 142 Å². The third kappa shape index (κ3) is 3.74. The Hall–Kier alpha value is -2.38. The first-order valence-corrected chi connectivity index (χ1v) is 8.78. The SMILES string of the molecule is CN(C)c1ccc(S(=O)(=O)N(C)C)cc1NC(=O)c1ccccc1. The van der Waals surface area contributed by atoms with Crippen molar-refractivity contribution in [1.29, 1.82) is 0 Å². The Morgan fingerprint density at radius 3 is 2.12 bits per heavy atom. The number of anilines is 2. The average molecular weight is 347 g/mol. The molecule has 0 saturated carbocycles. The molecular formula is C17H21N3O3S. The lowest BCUT2D eigenvalue weighted by molar-refractivity contribution is 0.102. The third-order valence-electron chi connectivity index (χ3n) is 3.51. The van der Waals surface area contributed by atoms with Crippen LogP contribution in [0.4, 0.5) is 11.4 Å². The third-order valence-corrected chi connectivity index (χ3v) is 5.32. The minimum Gasteiger partial charge on any atom is -0.376 e. The van der Waals surface area contributed by atoms with Crippen LogP contribution in [0.25, 0.3) is 0 Å². The van der Waals surface area contributed by atoms with Crippen LogP contribution in [-0.4, -0.2) is 46.8 Å². The quantitative estimate of drug-likeness (QED) is 0.901. The van der Waals surface area contributed by atoms with E-state index in [9.17, 15) is 13.2 Å². The molecule has 2 aromatic rings. The number of hydrogen-bond acceptors (Lipinski definition) is 4. The number of carbonyl (C=O) groups excluding carboxylic acids is 1. The van der Waals surface area contributed by atoms with Crippen LogP contribution in [0.2, 0.25) is 0 Å². The monoisotopic (exact) mass is 347 g/mol. The van der Waals surface area contributed by atoms with Crippen LogP contribution in [0, 0.1) is 0 Å². The lowest BCUT2D eigenvalue weighted by Crippen LogP contribution is -2.23. The first kappa shape index (κ1) is 18.0. The highest BCUT2D eigenvalue weighted by molar-refractivity contribution is 7.89.